The standard InChI is InChI=1S/C15H11N3O4S/c1-18(10-5-3-2-4-6-10)23(21,22)11-7-8-12-13(9-11)17-15(20)14(19)16-12/h2-9H,1H3. The summed E-state index contributed by atoms with van der Waals surface area (Å²) in [7, 11) is -2.39. The van der Waals surface area contributed by atoms with Crippen LogP contribution in [-0.4, -0.2) is 27.3 Å². The molecule has 116 valence electrons. The number of hydrogen-bond donors (Lipinski definition) is 0. The number of fused-ring (bicyclic) bond motifs is 1. The number of anilines is 1. The van der Waals surface area contributed by atoms with E-state index in [1.807, 2.05) is 0 Å². The van der Waals surface area contributed by atoms with E-state index in [9.17, 15) is 18.0 Å². The number of carbonyl (C=O) groups is 2. The highest BCUT2D eigenvalue weighted by molar-refractivity contribution is 7.92. The Hall–Kier alpha value is -2.87. The number of rotatable bonds is 3. The number of sulfonamides is 1. The summed E-state index contributed by atoms with van der Waals surface area (Å²) in [6.45, 7) is 0. The summed E-state index contributed by atoms with van der Waals surface area (Å²) in [5, 5.41) is 0.244. The zero-order valence-electron chi connectivity index (χ0n) is 12.0. The highest BCUT2D eigenvalue weighted by Crippen LogP contribution is 2.20. The second-order valence-electron chi connectivity index (χ2n) is 4.79. The van der Waals surface area contributed by atoms with E-state index in [1.54, 1.807) is 30.3 Å². The van der Waals surface area contributed by atoms with E-state index in [0.29, 0.717) is 5.69 Å². The first-order chi connectivity index (χ1) is 10.9. The Bertz CT molecular complexity index is 1030. The van der Waals surface area contributed by atoms with Gasteiger partial charge < -0.3 is 0 Å². The first-order valence-corrected chi connectivity index (χ1v) is 8.03. The molecule has 0 N–H and O–H groups in total. The Morgan fingerprint density at radius 2 is 1.48 bits per heavy atom. The van der Waals surface area contributed by atoms with E-state index in [-0.39, 0.29) is 15.6 Å². The van der Waals surface area contributed by atoms with Gasteiger partial charge in [-0.25, -0.2) is 18.4 Å². The summed E-state index contributed by atoms with van der Waals surface area (Å²) in [6, 6.07) is 12.5. The van der Waals surface area contributed by atoms with Crippen molar-refractivity contribution < 1.29 is 18.0 Å². The maximum Gasteiger partial charge on any atom is 0.338 e. The van der Waals surface area contributed by atoms with Crippen molar-refractivity contribution in [2.45, 2.75) is 4.90 Å². The van der Waals surface area contributed by atoms with Crippen molar-refractivity contribution in [2.75, 3.05) is 11.4 Å². The fraction of sp³-hybridized carbons (Fsp3) is 0.0667. The van der Waals surface area contributed by atoms with Crippen molar-refractivity contribution >= 4 is 27.5 Å². The van der Waals surface area contributed by atoms with Crippen molar-refractivity contribution in [2.24, 2.45) is 9.98 Å². The summed E-state index contributed by atoms with van der Waals surface area (Å²) in [6.07, 6.45) is 0. The first-order valence-electron chi connectivity index (χ1n) is 6.59. The molecular formula is C15H11N3O4S. The first kappa shape index (κ1) is 15.0. The molecule has 0 radical (unpaired) electrons. The van der Waals surface area contributed by atoms with Crippen LogP contribution in [0.25, 0.3) is 0 Å². The molecule has 8 heteroatoms. The molecule has 2 aromatic carbocycles. The largest absolute Gasteiger partial charge is 0.338 e. The smallest absolute Gasteiger partial charge is 0.269 e. The molecule has 7 nitrogen and oxygen atoms in total. The Morgan fingerprint density at radius 1 is 0.870 bits per heavy atom. The third kappa shape index (κ3) is 2.64. The van der Waals surface area contributed by atoms with Gasteiger partial charge in [0.1, 0.15) is 0 Å². The quantitative estimate of drug-likeness (QED) is 0.730. The predicted molar refractivity (Wildman–Crippen MR) is 80.8 cm³/mol. The molecule has 0 saturated carbocycles. The van der Waals surface area contributed by atoms with Crippen LogP contribution in [0.3, 0.4) is 0 Å². The van der Waals surface area contributed by atoms with Gasteiger partial charge >= 0.3 is 11.8 Å². The molecule has 0 bridgehead atoms. The Kier molecular flexibility index (Phi) is 3.53. The lowest BCUT2D eigenvalue weighted by Gasteiger charge is -2.19. The number of hydrogen-bond acceptors (Lipinski definition) is 4. The number of carbonyl (C=O) groups excluding carboxylic acids is 2. The molecule has 2 aromatic rings. The summed E-state index contributed by atoms with van der Waals surface area (Å²) in [5.74, 6) is -1.97. The lowest BCUT2D eigenvalue weighted by molar-refractivity contribution is -0.135. The second-order valence-corrected chi connectivity index (χ2v) is 6.76. The summed E-state index contributed by atoms with van der Waals surface area (Å²) >= 11 is 0. The lowest BCUT2D eigenvalue weighted by Crippen LogP contribution is -2.36. The van der Waals surface area contributed by atoms with E-state index in [4.69, 9.17) is 0 Å². The Morgan fingerprint density at radius 3 is 2.13 bits per heavy atom. The average molecular weight is 329 g/mol. The molecule has 0 fully saturated rings. The third-order valence-corrected chi connectivity index (χ3v) is 5.13. The maximum atomic E-state index is 12.7. The van der Waals surface area contributed by atoms with Crippen molar-refractivity contribution in [1.82, 2.24) is 0 Å². The highest BCUT2D eigenvalue weighted by atomic mass is 32.2. The summed E-state index contributed by atoms with van der Waals surface area (Å²) < 4.78 is 26.5. The van der Waals surface area contributed by atoms with E-state index in [2.05, 4.69) is 9.98 Å². The molecule has 0 unspecified atom stereocenters. The predicted octanol–water partition coefficient (Wildman–Crippen LogP) is -0.182. The Labute approximate surface area is 131 Å². The lowest BCUT2D eigenvalue weighted by atomic mass is 10.3. The van der Waals surface area contributed by atoms with E-state index in [1.165, 1.54) is 25.2 Å². The van der Waals surface area contributed by atoms with E-state index >= 15 is 0 Å². The van der Waals surface area contributed by atoms with Crippen LogP contribution in [0.1, 0.15) is 0 Å². The third-order valence-electron chi connectivity index (χ3n) is 3.35. The van der Waals surface area contributed by atoms with Crippen molar-refractivity contribution in [3.63, 3.8) is 0 Å². The van der Waals surface area contributed by atoms with Gasteiger partial charge in [-0.05, 0) is 30.3 Å². The zero-order chi connectivity index (χ0) is 16.6. The number of benzene rings is 2. The van der Waals surface area contributed by atoms with Gasteiger partial charge in [0.2, 0.25) is 0 Å². The van der Waals surface area contributed by atoms with Crippen LogP contribution in [0.4, 0.5) is 5.69 Å². The molecule has 1 heterocycles. The van der Waals surface area contributed by atoms with Crippen LogP contribution < -0.4 is 15.0 Å². The van der Waals surface area contributed by atoms with Crippen LogP contribution in [-0.2, 0) is 19.6 Å². The average Bonchev–Trinajstić information content (AvgIpc) is 2.55. The van der Waals surface area contributed by atoms with Gasteiger partial charge in [-0.2, -0.15) is 0 Å². The molecule has 2 amide bonds. The van der Waals surface area contributed by atoms with Crippen LogP contribution in [0.5, 0.6) is 0 Å². The van der Waals surface area contributed by atoms with Gasteiger partial charge in [0.15, 0.2) is 0 Å². The van der Waals surface area contributed by atoms with Crippen LogP contribution in [0.15, 0.2) is 63.4 Å². The normalized spacial score (nSPS) is 13.8. The fourth-order valence-electron chi connectivity index (χ4n) is 2.10. The maximum absolute atomic E-state index is 12.7. The summed E-state index contributed by atoms with van der Waals surface area (Å²) in [5.41, 5.74) is 0.498. The molecule has 0 aliphatic carbocycles. The number of amides is 2. The van der Waals surface area contributed by atoms with Gasteiger partial charge in [0, 0.05) is 7.05 Å². The topological polar surface area (TPSA) is 96.2 Å². The molecule has 0 aromatic heterocycles. The van der Waals surface area contributed by atoms with Gasteiger partial charge in [-0.1, -0.05) is 18.2 Å². The second kappa shape index (κ2) is 5.40. The molecule has 3 rings (SSSR count). The molecule has 1 aliphatic heterocycles. The van der Waals surface area contributed by atoms with Gasteiger partial charge in [-0.15, -0.1) is 0 Å². The van der Waals surface area contributed by atoms with Gasteiger partial charge in [0.05, 0.1) is 21.3 Å². The van der Waals surface area contributed by atoms with Crippen molar-refractivity contribution in [3.05, 3.63) is 59.2 Å². The molecule has 0 atom stereocenters. The molecule has 0 spiro atoms. The minimum absolute atomic E-state index is 0.0382. The van der Waals surface area contributed by atoms with E-state index < -0.39 is 21.8 Å². The summed E-state index contributed by atoms with van der Waals surface area (Å²) in [4.78, 5) is 29.6. The fourth-order valence-corrected chi connectivity index (χ4v) is 3.31. The van der Waals surface area contributed by atoms with Crippen LogP contribution >= 0.6 is 0 Å². The SMILES string of the molecule is CN(c1ccccc1)S(=O)(=O)c1ccc2c(c1)=NC(=O)C(=O)N=2. The highest BCUT2D eigenvalue weighted by Gasteiger charge is 2.23. The molecule has 23 heavy (non-hydrogen) atoms. The number of nitrogens with zero attached hydrogens (tertiary/aromatic N) is 3. The molecule has 0 saturated heterocycles. The van der Waals surface area contributed by atoms with Crippen LogP contribution in [0, 0.1) is 0 Å². The minimum Gasteiger partial charge on any atom is -0.269 e. The van der Waals surface area contributed by atoms with Crippen molar-refractivity contribution in [3.8, 4) is 0 Å². The van der Waals surface area contributed by atoms with E-state index in [0.717, 1.165) is 4.31 Å². The number of para-hydroxylation sites is 1. The molecule has 1 aliphatic rings. The Balaban J connectivity index is 2.11. The molecular weight excluding hydrogens is 318 g/mol. The monoisotopic (exact) mass is 329 g/mol. The zero-order valence-corrected chi connectivity index (χ0v) is 12.8. The van der Waals surface area contributed by atoms with Gasteiger partial charge in [-0.3, -0.25) is 13.9 Å². The van der Waals surface area contributed by atoms with Crippen molar-refractivity contribution in [1.29, 1.82) is 0 Å². The van der Waals surface area contributed by atoms with Crippen LogP contribution in [0.2, 0.25) is 0 Å². The minimum atomic E-state index is -3.82. The van der Waals surface area contributed by atoms with Gasteiger partial charge in [0.25, 0.3) is 10.0 Å².